The first-order chi connectivity index (χ1) is 16.6. The summed E-state index contributed by atoms with van der Waals surface area (Å²) < 4.78 is 53.3. The van der Waals surface area contributed by atoms with E-state index >= 15 is 0 Å². The molecule has 0 saturated carbocycles. The summed E-state index contributed by atoms with van der Waals surface area (Å²) in [4.78, 5) is 14.8. The van der Waals surface area contributed by atoms with E-state index in [2.05, 4.69) is 10.1 Å². The Kier molecular flexibility index (Phi) is 8.77. The summed E-state index contributed by atoms with van der Waals surface area (Å²) in [5, 5.41) is 22.0. The number of nitrogens with one attached hydrogen (secondary N) is 1. The number of sulfone groups is 1. The fourth-order valence-corrected chi connectivity index (χ4v) is 4.90. The van der Waals surface area contributed by atoms with Crippen LogP contribution in [0.25, 0.3) is 0 Å². The van der Waals surface area contributed by atoms with Crippen molar-refractivity contribution >= 4 is 21.4 Å². The van der Waals surface area contributed by atoms with Crippen LogP contribution in [0.1, 0.15) is 41.7 Å². The molecule has 3 rings (SSSR count). The summed E-state index contributed by atoms with van der Waals surface area (Å²) in [5.74, 6) is -0.460. The number of carbonyl (C=O) groups is 1. The van der Waals surface area contributed by atoms with E-state index in [1.165, 1.54) is 12.1 Å². The van der Waals surface area contributed by atoms with Gasteiger partial charge in [-0.3, -0.25) is 4.79 Å². The SMILES string of the molecule is CCS(=O)(=O)c1ccc([C@H](CC#N)NC(=O)c2ccc(N3C[C@H](O)C[C@H]3COC(F)F)cc2)cc1. The average molecular weight is 508 g/mol. The van der Waals surface area contributed by atoms with Crippen LogP contribution in [0.3, 0.4) is 0 Å². The summed E-state index contributed by atoms with van der Waals surface area (Å²) in [6, 6.07) is 13.5. The van der Waals surface area contributed by atoms with E-state index in [1.54, 1.807) is 48.2 Å². The van der Waals surface area contributed by atoms with Crippen LogP contribution in [0, 0.1) is 11.3 Å². The maximum Gasteiger partial charge on any atom is 0.345 e. The first kappa shape index (κ1) is 26.5. The van der Waals surface area contributed by atoms with Gasteiger partial charge in [-0.1, -0.05) is 19.1 Å². The van der Waals surface area contributed by atoms with E-state index in [9.17, 15) is 32.4 Å². The lowest BCUT2D eigenvalue weighted by molar-refractivity contribution is -0.132. The average Bonchev–Trinajstić information content (AvgIpc) is 3.23. The van der Waals surface area contributed by atoms with Crippen molar-refractivity contribution in [1.82, 2.24) is 5.32 Å². The van der Waals surface area contributed by atoms with Crippen molar-refractivity contribution in [2.75, 3.05) is 23.8 Å². The molecule has 0 spiro atoms. The third-order valence-corrected chi connectivity index (χ3v) is 7.64. The summed E-state index contributed by atoms with van der Waals surface area (Å²) in [5.41, 5.74) is 1.57. The number of anilines is 1. The number of alkyl halides is 2. The molecule has 0 unspecified atom stereocenters. The van der Waals surface area contributed by atoms with Crippen LogP contribution in [-0.2, 0) is 14.6 Å². The van der Waals surface area contributed by atoms with Gasteiger partial charge >= 0.3 is 6.61 Å². The minimum Gasteiger partial charge on any atom is -0.391 e. The monoisotopic (exact) mass is 507 g/mol. The van der Waals surface area contributed by atoms with Gasteiger partial charge in [0.15, 0.2) is 9.84 Å². The molecule has 1 fully saturated rings. The highest BCUT2D eigenvalue weighted by Crippen LogP contribution is 2.27. The van der Waals surface area contributed by atoms with Gasteiger partial charge in [0.2, 0.25) is 0 Å². The first-order valence-electron chi connectivity index (χ1n) is 11.1. The molecule has 0 aromatic heterocycles. The highest BCUT2D eigenvalue weighted by atomic mass is 32.2. The molecular formula is C24H27F2N3O5S. The molecule has 0 aliphatic carbocycles. The molecule has 0 bridgehead atoms. The highest BCUT2D eigenvalue weighted by molar-refractivity contribution is 7.91. The van der Waals surface area contributed by atoms with Gasteiger partial charge in [-0.2, -0.15) is 14.0 Å². The van der Waals surface area contributed by atoms with E-state index in [0.29, 0.717) is 23.2 Å². The van der Waals surface area contributed by atoms with Gasteiger partial charge in [0.25, 0.3) is 5.91 Å². The van der Waals surface area contributed by atoms with Crippen LogP contribution >= 0.6 is 0 Å². The highest BCUT2D eigenvalue weighted by Gasteiger charge is 2.32. The maximum atomic E-state index is 12.8. The number of carbonyl (C=O) groups excluding carboxylic acids is 1. The number of β-amino-alcohol motifs (C(OH)–C–C–N with tert-alkyl or cyclic N) is 1. The maximum absolute atomic E-state index is 12.8. The molecule has 0 radical (unpaired) electrons. The fraction of sp³-hybridized carbons (Fsp3) is 0.417. The van der Waals surface area contributed by atoms with Gasteiger partial charge in [-0.25, -0.2) is 8.42 Å². The Balaban J connectivity index is 1.71. The lowest BCUT2D eigenvalue weighted by Crippen LogP contribution is -2.34. The second kappa shape index (κ2) is 11.6. The van der Waals surface area contributed by atoms with Gasteiger partial charge in [0, 0.05) is 17.8 Å². The topological polar surface area (TPSA) is 120 Å². The Bertz CT molecular complexity index is 1150. The molecule has 2 aromatic rings. The number of nitriles is 1. The molecule has 35 heavy (non-hydrogen) atoms. The number of amides is 1. The minimum atomic E-state index is -3.36. The zero-order chi connectivity index (χ0) is 25.6. The number of halogens is 2. The van der Waals surface area contributed by atoms with Crippen molar-refractivity contribution in [3.8, 4) is 6.07 Å². The number of aliphatic hydroxyl groups is 1. The van der Waals surface area contributed by atoms with Gasteiger partial charge in [-0.05, 0) is 48.4 Å². The van der Waals surface area contributed by atoms with Crippen LogP contribution in [-0.4, -0.2) is 57.1 Å². The number of benzene rings is 2. The largest absolute Gasteiger partial charge is 0.391 e. The number of nitrogens with zero attached hydrogens (tertiary/aromatic N) is 2. The fourth-order valence-electron chi connectivity index (χ4n) is 4.01. The minimum absolute atomic E-state index is 0.0127. The standard InChI is InChI=1S/C24H27F2N3O5S/c1-2-35(32,33)21-9-5-16(6-10-21)22(11-12-27)28-23(31)17-3-7-18(8-4-17)29-14-20(30)13-19(29)15-34-24(25)26/h3-10,19-20,22,24,30H,2,11,13-15H2,1H3,(H,28,31)/t19-,20+,22-/m0/s1. The van der Waals surface area contributed by atoms with Gasteiger partial charge < -0.3 is 20.1 Å². The summed E-state index contributed by atoms with van der Waals surface area (Å²) in [7, 11) is -3.36. The van der Waals surface area contributed by atoms with E-state index < -0.39 is 40.5 Å². The van der Waals surface area contributed by atoms with Crippen LogP contribution in [0.4, 0.5) is 14.5 Å². The van der Waals surface area contributed by atoms with Crippen molar-refractivity contribution in [3.05, 3.63) is 59.7 Å². The van der Waals surface area contributed by atoms with E-state index in [4.69, 9.17) is 0 Å². The van der Waals surface area contributed by atoms with Crippen LogP contribution < -0.4 is 10.2 Å². The molecule has 188 valence electrons. The van der Waals surface area contributed by atoms with Crippen molar-refractivity contribution < 1.29 is 31.8 Å². The Labute approximate surface area is 203 Å². The second-order valence-corrected chi connectivity index (χ2v) is 10.5. The number of aliphatic hydroxyl groups excluding tert-OH is 1. The third-order valence-electron chi connectivity index (χ3n) is 5.89. The molecule has 2 N–H and O–H groups in total. The van der Waals surface area contributed by atoms with Crippen LogP contribution in [0.5, 0.6) is 0 Å². The smallest absolute Gasteiger partial charge is 0.345 e. The van der Waals surface area contributed by atoms with Gasteiger partial charge in [-0.15, -0.1) is 0 Å². The molecule has 1 aliphatic rings. The lowest BCUT2D eigenvalue weighted by Gasteiger charge is -2.26. The summed E-state index contributed by atoms with van der Waals surface area (Å²) in [6.45, 7) is -1.31. The molecule has 8 nitrogen and oxygen atoms in total. The first-order valence-corrected chi connectivity index (χ1v) is 12.7. The third kappa shape index (κ3) is 6.75. The Morgan fingerprint density at radius 2 is 1.89 bits per heavy atom. The molecule has 1 amide bonds. The van der Waals surface area contributed by atoms with Crippen LogP contribution in [0.15, 0.2) is 53.4 Å². The van der Waals surface area contributed by atoms with Crippen LogP contribution in [0.2, 0.25) is 0 Å². The second-order valence-electron chi connectivity index (χ2n) is 8.20. The number of hydrogen-bond donors (Lipinski definition) is 2. The van der Waals surface area contributed by atoms with E-state index in [1.807, 2.05) is 6.07 Å². The molecule has 3 atom stereocenters. The van der Waals surface area contributed by atoms with Gasteiger partial charge in [0.1, 0.15) is 0 Å². The van der Waals surface area contributed by atoms with E-state index in [0.717, 1.165) is 0 Å². The van der Waals surface area contributed by atoms with Gasteiger partial charge in [0.05, 0.1) is 47.9 Å². The number of ether oxygens (including phenoxy) is 1. The molecule has 1 aliphatic heterocycles. The molecular weight excluding hydrogens is 480 g/mol. The molecule has 1 saturated heterocycles. The van der Waals surface area contributed by atoms with Crippen molar-refractivity contribution in [2.24, 2.45) is 0 Å². The number of hydrogen-bond acceptors (Lipinski definition) is 7. The molecule has 2 aromatic carbocycles. The summed E-state index contributed by atoms with van der Waals surface area (Å²) in [6.07, 6.45) is -0.390. The Morgan fingerprint density at radius 1 is 1.23 bits per heavy atom. The zero-order valence-corrected chi connectivity index (χ0v) is 19.9. The number of rotatable bonds is 10. The van der Waals surface area contributed by atoms with Crippen molar-refractivity contribution in [1.29, 1.82) is 5.26 Å². The molecule has 1 heterocycles. The van der Waals surface area contributed by atoms with Crippen molar-refractivity contribution in [2.45, 2.75) is 49.5 Å². The van der Waals surface area contributed by atoms with E-state index in [-0.39, 0.29) is 30.2 Å². The van der Waals surface area contributed by atoms with Crippen molar-refractivity contribution in [3.63, 3.8) is 0 Å². The quantitative estimate of drug-likeness (QED) is 0.507. The Morgan fingerprint density at radius 3 is 2.46 bits per heavy atom. The normalized spacial score (nSPS) is 18.9. The lowest BCUT2D eigenvalue weighted by atomic mass is 10.0. The predicted octanol–water partition coefficient (Wildman–Crippen LogP) is 3.04. The summed E-state index contributed by atoms with van der Waals surface area (Å²) >= 11 is 0. The molecule has 11 heteroatoms. The zero-order valence-electron chi connectivity index (χ0n) is 19.1. The predicted molar refractivity (Wildman–Crippen MR) is 125 cm³/mol. The Hall–Kier alpha value is -3.07.